The molecule has 1 aromatic carbocycles. The summed E-state index contributed by atoms with van der Waals surface area (Å²) in [5.74, 6) is -0.332. The molecule has 0 saturated heterocycles. The standard InChI is InChI=1S/C20H22N2O5/c1-20(2,3)27-19(25)21-10-9-15-16(21)11-17(18(23)24)22(15)12-13-5-7-14(26-4)8-6-13/h5-11H,12H2,1-4H3,(H,23,24). The minimum Gasteiger partial charge on any atom is -0.497 e. The van der Waals surface area contributed by atoms with E-state index in [1.807, 2.05) is 24.3 Å². The highest BCUT2D eigenvalue weighted by Crippen LogP contribution is 2.24. The van der Waals surface area contributed by atoms with Crippen LogP contribution < -0.4 is 4.74 Å². The van der Waals surface area contributed by atoms with Gasteiger partial charge in [0.25, 0.3) is 0 Å². The summed E-state index contributed by atoms with van der Waals surface area (Å²) in [7, 11) is 1.59. The number of hydrogen-bond acceptors (Lipinski definition) is 4. The van der Waals surface area contributed by atoms with Gasteiger partial charge >= 0.3 is 12.1 Å². The molecule has 0 saturated carbocycles. The molecule has 27 heavy (non-hydrogen) atoms. The number of ether oxygens (including phenoxy) is 2. The number of aromatic carboxylic acids is 1. The zero-order chi connectivity index (χ0) is 19.8. The molecule has 0 fully saturated rings. The molecular formula is C20H22N2O5. The molecule has 0 aliphatic heterocycles. The number of fused-ring (bicyclic) bond motifs is 1. The number of methoxy groups -OCH3 is 1. The van der Waals surface area contributed by atoms with Crippen LogP contribution in [0.25, 0.3) is 11.0 Å². The van der Waals surface area contributed by atoms with Gasteiger partial charge in [-0.25, -0.2) is 9.59 Å². The Kier molecular flexibility index (Phi) is 4.70. The second kappa shape index (κ2) is 6.83. The van der Waals surface area contributed by atoms with Gasteiger partial charge in [0.1, 0.15) is 17.0 Å². The molecule has 1 N–H and O–H groups in total. The molecule has 0 unspecified atom stereocenters. The summed E-state index contributed by atoms with van der Waals surface area (Å²) in [6.07, 6.45) is 1.05. The van der Waals surface area contributed by atoms with Crippen LogP contribution in [-0.4, -0.2) is 39.0 Å². The minimum absolute atomic E-state index is 0.105. The highest BCUT2D eigenvalue weighted by Gasteiger charge is 2.23. The number of carboxylic acids is 1. The normalized spacial score (nSPS) is 11.6. The van der Waals surface area contributed by atoms with E-state index in [4.69, 9.17) is 9.47 Å². The second-order valence-electron chi connectivity index (χ2n) is 7.21. The van der Waals surface area contributed by atoms with Crippen LogP contribution in [0.3, 0.4) is 0 Å². The van der Waals surface area contributed by atoms with Crippen molar-refractivity contribution in [3.05, 3.63) is 53.9 Å². The van der Waals surface area contributed by atoms with Crippen LogP contribution in [0.15, 0.2) is 42.6 Å². The third kappa shape index (κ3) is 3.81. The van der Waals surface area contributed by atoms with Crippen LogP contribution in [0.4, 0.5) is 4.79 Å². The van der Waals surface area contributed by atoms with Crippen LogP contribution >= 0.6 is 0 Å². The Labute approximate surface area is 156 Å². The molecule has 2 heterocycles. The number of hydrogen-bond donors (Lipinski definition) is 1. The van der Waals surface area contributed by atoms with Crippen LogP contribution in [-0.2, 0) is 11.3 Å². The Morgan fingerprint density at radius 3 is 2.30 bits per heavy atom. The van der Waals surface area contributed by atoms with E-state index in [9.17, 15) is 14.7 Å². The van der Waals surface area contributed by atoms with E-state index in [2.05, 4.69) is 0 Å². The molecule has 0 radical (unpaired) electrons. The van der Waals surface area contributed by atoms with Crippen molar-refractivity contribution in [1.82, 2.24) is 9.13 Å². The summed E-state index contributed by atoms with van der Waals surface area (Å²) in [5.41, 5.74) is 1.52. The van der Waals surface area contributed by atoms with E-state index >= 15 is 0 Å². The number of benzene rings is 1. The predicted molar refractivity (Wildman–Crippen MR) is 101 cm³/mol. The summed E-state index contributed by atoms with van der Waals surface area (Å²) in [6, 6.07) is 10.6. The lowest BCUT2D eigenvalue weighted by Crippen LogP contribution is -2.26. The Morgan fingerprint density at radius 1 is 1.07 bits per heavy atom. The topological polar surface area (TPSA) is 82.7 Å². The van der Waals surface area contributed by atoms with Gasteiger partial charge in [0, 0.05) is 12.7 Å². The van der Waals surface area contributed by atoms with E-state index in [0.717, 1.165) is 11.3 Å². The van der Waals surface area contributed by atoms with Gasteiger partial charge in [-0.05, 0) is 50.6 Å². The number of carboxylic acid groups (broad SMARTS) is 1. The van der Waals surface area contributed by atoms with Gasteiger partial charge in [0.15, 0.2) is 0 Å². The van der Waals surface area contributed by atoms with Crippen molar-refractivity contribution in [2.24, 2.45) is 0 Å². The van der Waals surface area contributed by atoms with Crippen molar-refractivity contribution in [1.29, 1.82) is 0 Å². The molecule has 3 aromatic rings. The molecule has 3 rings (SSSR count). The molecule has 0 aliphatic rings. The first kappa shape index (κ1) is 18.6. The van der Waals surface area contributed by atoms with E-state index < -0.39 is 17.7 Å². The van der Waals surface area contributed by atoms with Crippen molar-refractivity contribution in [3.8, 4) is 5.75 Å². The molecule has 7 nitrogen and oxygen atoms in total. The van der Waals surface area contributed by atoms with Gasteiger partial charge in [-0.2, -0.15) is 0 Å². The fourth-order valence-corrected chi connectivity index (χ4v) is 2.87. The first-order chi connectivity index (χ1) is 12.7. The van der Waals surface area contributed by atoms with Gasteiger partial charge in [0.05, 0.1) is 18.1 Å². The summed E-state index contributed by atoms with van der Waals surface area (Å²) < 4.78 is 13.5. The third-order valence-electron chi connectivity index (χ3n) is 4.07. The maximum absolute atomic E-state index is 12.4. The van der Waals surface area contributed by atoms with Crippen LogP contribution in [0.1, 0.15) is 36.8 Å². The largest absolute Gasteiger partial charge is 0.497 e. The highest BCUT2D eigenvalue weighted by atomic mass is 16.6. The lowest BCUT2D eigenvalue weighted by molar-refractivity contribution is 0.0543. The van der Waals surface area contributed by atoms with E-state index in [1.54, 1.807) is 44.7 Å². The zero-order valence-electron chi connectivity index (χ0n) is 15.7. The fraction of sp³-hybridized carbons (Fsp3) is 0.300. The van der Waals surface area contributed by atoms with Crippen molar-refractivity contribution in [2.75, 3.05) is 7.11 Å². The summed E-state index contributed by atoms with van der Waals surface area (Å²) in [5, 5.41) is 9.59. The Bertz CT molecular complexity index is 990. The lowest BCUT2D eigenvalue weighted by Gasteiger charge is -2.19. The SMILES string of the molecule is COc1ccc(Cn2c(C(=O)O)cc3c2ccn3C(=O)OC(C)(C)C)cc1. The number of aromatic nitrogens is 2. The molecule has 7 heteroatoms. The van der Waals surface area contributed by atoms with E-state index in [-0.39, 0.29) is 5.69 Å². The number of rotatable bonds is 4. The van der Waals surface area contributed by atoms with Crippen LogP contribution in [0, 0.1) is 0 Å². The van der Waals surface area contributed by atoms with Crippen molar-refractivity contribution >= 4 is 23.1 Å². The van der Waals surface area contributed by atoms with E-state index in [1.165, 1.54) is 10.6 Å². The Morgan fingerprint density at radius 2 is 1.74 bits per heavy atom. The smallest absolute Gasteiger partial charge is 0.419 e. The lowest BCUT2D eigenvalue weighted by atomic mass is 10.2. The number of carbonyl (C=O) groups excluding carboxylic acids is 1. The Hall–Kier alpha value is -3.22. The van der Waals surface area contributed by atoms with Gasteiger partial charge < -0.3 is 19.1 Å². The number of nitrogens with zero attached hydrogens (tertiary/aromatic N) is 2. The molecule has 0 amide bonds. The van der Waals surface area contributed by atoms with Gasteiger partial charge in [-0.1, -0.05) is 12.1 Å². The zero-order valence-corrected chi connectivity index (χ0v) is 15.7. The van der Waals surface area contributed by atoms with Gasteiger partial charge in [-0.15, -0.1) is 0 Å². The van der Waals surface area contributed by atoms with Crippen molar-refractivity contribution < 1.29 is 24.2 Å². The fourth-order valence-electron chi connectivity index (χ4n) is 2.87. The first-order valence-electron chi connectivity index (χ1n) is 8.50. The monoisotopic (exact) mass is 370 g/mol. The molecule has 2 aromatic heterocycles. The molecule has 0 atom stereocenters. The maximum Gasteiger partial charge on any atom is 0.419 e. The first-order valence-corrected chi connectivity index (χ1v) is 8.50. The average molecular weight is 370 g/mol. The second-order valence-corrected chi connectivity index (χ2v) is 7.21. The quantitative estimate of drug-likeness (QED) is 0.751. The molecular weight excluding hydrogens is 348 g/mol. The van der Waals surface area contributed by atoms with Crippen LogP contribution in [0.5, 0.6) is 5.75 Å². The summed E-state index contributed by atoms with van der Waals surface area (Å²) in [4.78, 5) is 24.1. The van der Waals surface area contributed by atoms with Gasteiger partial charge in [-0.3, -0.25) is 4.57 Å². The summed E-state index contributed by atoms with van der Waals surface area (Å²) >= 11 is 0. The Balaban J connectivity index is 2.02. The van der Waals surface area contributed by atoms with Crippen LogP contribution in [0.2, 0.25) is 0 Å². The van der Waals surface area contributed by atoms with Crippen molar-refractivity contribution in [3.63, 3.8) is 0 Å². The highest BCUT2D eigenvalue weighted by molar-refractivity contribution is 5.96. The minimum atomic E-state index is -1.06. The maximum atomic E-state index is 12.4. The molecule has 142 valence electrons. The predicted octanol–water partition coefficient (Wildman–Crippen LogP) is 3.98. The van der Waals surface area contributed by atoms with Crippen molar-refractivity contribution in [2.45, 2.75) is 32.9 Å². The molecule has 0 spiro atoms. The molecule has 0 aliphatic carbocycles. The number of carbonyl (C=O) groups is 2. The molecule has 0 bridgehead atoms. The van der Waals surface area contributed by atoms with Gasteiger partial charge in [0.2, 0.25) is 0 Å². The van der Waals surface area contributed by atoms with E-state index in [0.29, 0.717) is 17.6 Å². The third-order valence-corrected chi connectivity index (χ3v) is 4.07. The summed E-state index contributed by atoms with van der Waals surface area (Å²) in [6.45, 7) is 5.70. The average Bonchev–Trinajstić information content (AvgIpc) is 3.14.